The summed E-state index contributed by atoms with van der Waals surface area (Å²) in [5.41, 5.74) is 23.6. The van der Waals surface area contributed by atoms with Gasteiger partial charge in [0.1, 0.15) is 35.0 Å². The Bertz CT molecular complexity index is 6020. The summed E-state index contributed by atoms with van der Waals surface area (Å²) in [5.74, 6) is 14.2. The zero-order chi connectivity index (χ0) is 81.9. The monoisotopic (exact) mass is 1650 g/mol. The molecular weight excluding hydrogens is 1570 g/mol. The number of hydrogen-bond acceptors (Lipinski definition) is 24. The Morgan fingerprint density at radius 2 is 0.761 bits per heavy atom. The number of aliphatic hydroxyl groups excluding tert-OH is 1. The molecule has 0 bridgehead atoms. The van der Waals surface area contributed by atoms with Crippen LogP contribution in [0.5, 0.6) is 5.75 Å². The number of fused-ring (bicyclic) bond motifs is 5. The van der Waals surface area contributed by atoms with Gasteiger partial charge in [-0.25, -0.2) is 59.8 Å². The summed E-state index contributed by atoms with van der Waals surface area (Å²) in [7, 11) is 0. The van der Waals surface area contributed by atoms with E-state index in [-0.39, 0.29) is 34.3 Å². The molecule has 0 saturated heterocycles. The molecule has 0 aliphatic carbocycles. The molecule has 0 aliphatic rings. The maximum absolute atomic E-state index is 9.86. The molecule has 117 heavy (non-hydrogen) atoms. The molecule has 0 spiro atoms. The first kappa shape index (κ1) is 86.5. The van der Waals surface area contributed by atoms with Crippen molar-refractivity contribution in [3.8, 4) is 67.5 Å². The number of aromatic amines is 3. The van der Waals surface area contributed by atoms with Gasteiger partial charge < -0.3 is 64.9 Å². The molecule has 33 heteroatoms. The van der Waals surface area contributed by atoms with Gasteiger partial charge in [0, 0.05) is 84.4 Å². The van der Waals surface area contributed by atoms with Crippen LogP contribution in [0.25, 0.3) is 55.8 Å². The van der Waals surface area contributed by atoms with Crippen LogP contribution in [-0.4, -0.2) is 113 Å². The fraction of sp³-hybridized carbons (Fsp3) is 0.226. The van der Waals surface area contributed by atoms with Crippen molar-refractivity contribution in [2.45, 2.75) is 175 Å². The minimum Gasteiger partial charge on any atom is -0.507 e. The molecule has 0 radical (unpaired) electrons. The first-order chi connectivity index (χ1) is 56.5. The predicted molar refractivity (Wildman–Crippen MR) is 461 cm³/mol. The van der Waals surface area contributed by atoms with E-state index in [0.717, 1.165) is 122 Å². The molecule has 0 fully saturated rings. The van der Waals surface area contributed by atoms with E-state index in [1.54, 1.807) is 66.4 Å². The fourth-order valence-corrected chi connectivity index (χ4v) is 15.8. The van der Waals surface area contributed by atoms with Gasteiger partial charge >= 0.3 is 0 Å². The number of benzene rings is 5. The number of unbranched alkanes of at least 4 members (excludes halogenated alkanes) is 5. The Morgan fingerprint density at radius 1 is 0.410 bits per heavy atom. The highest BCUT2D eigenvalue weighted by Crippen LogP contribution is 2.36. The number of anilines is 2. The Hall–Kier alpha value is -12.9. The van der Waals surface area contributed by atoms with Crippen LogP contribution >= 0.6 is 58.8 Å². The van der Waals surface area contributed by atoms with E-state index in [4.69, 9.17) is 59.8 Å². The van der Waals surface area contributed by atoms with Crippen LogP contribution in [0.3, 0.4) is 0 Å². The lowest BCUT2D eigenvalue weighted by atomic mass is 10.2. The van der Waals surface area contributed by atoms with Gasteiger partial charge in [-0.15, -0.1) is 61.7 Å². The van der Waals surface area contributed by atoms with Gasteiger partial charge in [-0.05, 0) is 124 Å². The molecular formula is C84H85N25O3S5. The van der Waals surface area contributed by atoms with Crippen molar-refractivity contribution in [3.63, 3.8) is 0 Å². The number of imidazole rings is 5. The number of aromatic nitrogens is 20. The molecule has 15 aromatic rings. The number of phenols is 1. The molecule has 0 aliphatic heterocycles. The summed E-state index contributed by atoms with van der Waals surface area (Å²) >= 11 is 7.49. The molecule has 594 valence electrons. The molecule has 0 unspecified atom stereocenters. The van der Waals surface area contributed by atoms with Gasteiger partial charge in [0.15, 0.2) is 93.2 Å². The number of aromatic hydroxyl groups is 1. The van der Waals surface area contributed by atoms with Crippen molar-refractivity contribution in [3.05, 3.63) is 192 Å². The number of hydrogen-bond donors (Lipinski definition) is 10. The molecule has 10 aromatic heterocycles. The van der Waals surface area contributed by atoms with Crippen LogP contribution in [0.4, 0.5) is 11.6 Å². The van der Waals surface area contributed by atoms with Crippen molar-refractivity contribution < 1.29 is 15.7 Å². The van der Waals surface area contributed by atoms with Crippen LogP contribution in [0.1, 0.15) is 86.5 Å². The summed E-state index contributed by atoms with van der Waals surface area (Å²) < 4.78 is 9.87. The second kappa shape index (κ2) is 43.0. The van der Waals surface area contributed by atoms with E-state index >= 15 is 0 Å². The number of phenolic OH excluding ortho intramolecular Hbond substituents is 1. The number of nitrogens with one attached hydrogen (secondary N) is 6. The smallest absolute Gasteiger partial charge is 0.175 e. The minimum absolute atomic E-state index is 0. The quantitative estimate of drug-likeness (QED) is 0.0178. The van der Waals surface area contributed by atoms with Crippen molar-refractivity contribution in [1.82, 2.24) is 97.6 Å². The third kappa shape index (κ3) is 23.0. The van der Waals surface area contributed by atoms with Crippen molar-refractivity contribution in [2.24, 2.45) is 0 Å². The lowest BCUT2D eigenvalue weighted by Crippen LogP contribution is -2.12. The van der Waals surface area contributed by atoms with E-state index in [2.05, 4.69) is 195 Å². The third-order valence-electron chi connectivity index (χ3n) is 17.3. The summed E-state index contributed by atoms with van der Waals surface area (Å²) in [6.45, 7) is 9.84. The van der Waals surface area contributed by atoms with Crippen molar-refractivity contribution in [1.29, 1.82) is 16.2 Å². The third-order valence-corrected chi connectivity index (χ3v) is 22.3. The van der Waals surface area contributed by atoms with Crippen molar-refractivity contribution in [2.75, 3.05) is 11.5 Å². The largest absolute Gasteiger partial charge is 0.507 e. The molecule has 0 atom stereocenters. The summed E-state index contributed by atoms with van der Waals surface area (Å²) in [6.07, 6.45) is 42.2. The number of nitrogens with two attached hydrogens (primary N) is 2. The Balaban J connectivity index is 0.000000154. The van der Waals surface area contributed by atoms with Crippen LogP contribution < -0.4 is 27.9 Å². The Labute approximate surface area is 696 Å². The standard InChI is InChI=1S/C17H17N5OS.3C17H17N5S.C16H15N5OS.H2O/c1-2-3-6-9-22-11-19-15(18)14-16(22)21-17(20-14)24-13-8-5-4-7-12(13)10-23;1-3-4-7-10-22-11-19-15(18)14-16(22)21-17(20-14)23-13-9-6-5-8-12(13)2;2*1-3-4-5-10-22-16-14(15(18)19-11-20-16)21-17(22)23-13-8-6-12(2)7-9-13;1-2-3-6-9-21-10-18-14(17)13-15(21)20-16(19-13)23-12-8-5-4-7-11(12)22;/h1,4-5,7-8,11,18,23H,3,6,9-10H2,(H,20,21);1,5-6,8-9,11,18H,4,7,10H2,2H3,(H,20,21);2*1,6-9,11H,4-5,10H2,2H3,(H2,18,19,20);1,4-5,7-8,10,17,22H,3,6,9H2,(H,19,20);1H2. The first-order valence-corrected chi connectivity index (χ1v) is 40.7. The molecule has 10 heterocycles. The number of rotatable bonds is 26. The SMILES string of the molecule is C#CCCCn1c(Sc2ccc(C)cc2)nc2c(N)ncnc21.C#CCCCn1c(Sc2ccc(C)cc2)nc2c(N)ncnc21.C#CCCCn1cnc(=N)c2[nH]c(Sc3ccccc3C)nc21.C#CCCCn1cnc(=N)c2[nH]c(Sc3ccccc3CO)nc21.C#CCCCn1cnc(=N)c2[nH]c(Sc3ccccc3O)nc21.O. The highest BCUT2D eigenvalue weighted by Gasteiger charge is 2.20. The zero-order valence-electron chi connectivity index (χ0n) is 64.3. The molecule has 15 rings (SSSR count). The van der Waals surface area contributed by atoms with Gasteiger partial charge in [0.05, 0.1) is 30.5 Å². The van der Waals surface area contributed by atoms with E-state index in [0.29, 0.717) is 98.1 Å². The van der Waals surface area contributed by atoms with Gasteiger partial charge in [-0.3, -0.25) is 16.2 Å². The van der Waals surface area contributed by atoms with Crippen LogP contribution in [0.15, 0.2) is 203 Å². The number of terminal acetylenes is 5. The number of aliphatic hydroxyl groups is 1. The molecule has 0 saturated carbocycles. The Kier molecular flexibility index (Phi) is 31.8. The molecule has 5 aromatic carbocycles. The predicted octanol–water partition coefficient (Wildman–Crippen LogP) is 13.7. The number of para-hydroxylation sites is 1. The van der Waals surface area contributed by atoms with Crippen molar-refractivity contribution >= 4 is 126 Å². The Morgan fingerprint density at radius 3 is 1.15 bits per heavy atom. The zero-order valence-corrected chi connectivity index (χ0v) is 68.4. The number of nitrogens with zero attached hydrogens (tertiary/aromatic N) is 17. The fourth-order valence-electron chi connectivity index (χ4n) is 11.4. The van der Waals surface area contributed by atoms with Gasteiger partial charge in [-0.1, -0.05) is 131 Å². The topological polar surface area (TPSA) is 422 Å². The normalized spacial score (nSPS) is 10.7. The number of H-pyrrole nitrogens is 3. The minimum atomic E-state index is -0.0270. The summed E-state index contributed by atoms with van der Waals surface area (Å²) in [4.78, 5) is 66.6. The average molecular weight is 1650 g/mol. The second-order valence-electron chi connectivity index (χ2n) is 25.7. The molecule has 14 N–H and O–H groups in total. The maximum atomic E-state index is 9.86. The van der Waals surface area contributed by atoms with Gasteiger partial charge in [0.2, 0.25) is 0 Å². The highest BCUT2D eigenvalue weighted by molar-refractivity contribution is 8.00. The number of aryl methyl sites for hydroxylation is 8. The second-order valence-corrected chi connectivity index (χ2v) is 30.9. The van der Waals surface area contributed by atoms with E-state index in [1.807, 2.05) is 62.2 Å². The summed E-state index contributed by atoms with van der Waals surface area (Å²) in [5, 5.41) is 46.9. The van der Waals surface area contributed by atoms with E-state index in [1.165, 1.54) is 52.9 Å². The average Bonchev–Trinajstić information content (AvgIpc) is 1.72. The molecule has 28 nitrogen and oxygen atoms in total. The number of nitrogen functional groups attached to an aromatic ring is 2. The van der Waals surface area contributed by atoms with Crippen LogP contribution in [0, 0.1) is 98.7 Å². The van der Waals surface area contributed by atoms with Crippen LogP contribution in [-0.2, 0) is 39.3 Å². The lowest BCUT2D eigenvalue weighted by molar-refractivity contribution is 0.279. The van der Waals surface area contributed by atoms with Gasteiger partial charge in [0.25, 0.3) is 0 Å². The van der Waals surface area contributed by atoms with E-state index < -0.39 is 0 Å². The highest BCUT2D eigenvalue weighted by atomic mass is 32.2. The van der Waals surface area contributed by atoms with Crippen LogP contribution in [0.2, 0.25) is 0 Å². The lowest BCUT2D eigenvalue weighted by Gasteiger charge is -2.07. The van der Waals surface area contributed by atoms with E-state index in [9.17, 15) is 10.2 Å². The first-order valence-electron chi connectivity index (χ1n) is 36.6. The van der Waals surface area contributed by atoms with Gasteiger partial charge in [-0.2, -0.15) is 0 Å². The molecule has 0 amide bonds. The maximum Gasteiger partial charge on any atom is 0.175 e. The summed E-state index contributed by atoms with van der Waals surface area (Å²) in [6, 6.07) is 39.5.